The van der Waals surface area contributed by atoms with Gasteiger partial charge in [-0.2, -0.15) is 0 Å². The first-order valence-electron chi connectivity index (χ1n) is 6.18. The van der Waals surface area contributed by atoms with E-state index >= 15 is 0 Å². The van der Waals surface area contributed by atoms with Crippen LogP contribution in [0.25, 0.3) is 0 Å². The highest BCUT2D eigenvalue weighted by Crippen LogP contribution is 2.45. The van der Waals surface area contributed by atoms with E-state index in [0.29, 0.717) is 6.61 Å². The zero-order chi connectivity index (χ0) is 11.4. The monoisotopic (exact) mass is 227 g/mol. The topological polar surface area (TPSA) is 38.8 Å². The van der Waals surface area contributed by atoms with E-state index in [4.69, 9.17) is 9.47 Å². The van der Waals surface area contributed by atoms with Gasteiger partial charge in [-0.05, 0) is 26.2 Å². The molecule has 0 aromatic rings. The third-order valence-electron chi connectivity index (χ3n) is 3.45. The van der Waals surface area contributed by atoms with Gasteiger partial charge in [-0.25, -0.2) is 0 Å². The van der Waals surface area contributed by atoms with Crippen LogP contribution in [0.2, 0.25) is 0 Å². The van der Waals surface area contributed by atoms with Crippen LogP contribution in [-0.4, -0.2) is 50.3 Å². The molecule has 4 nitrogen and oxygen atoms in total. The summed E-state index contributed by atoms with van der Waals surface area (Å²) in [4.78, 5) is 13.9. The predicted molar refractivity (Wildman–Crippen MR) is 60.2 cm³/mol. The van der Waals surface area contributed by atoms with Crippen molar-refractivity contribution in [2.75, 3.05) is 39.5 Å². The molecule has 1 aliphatic carbocycles. The van der Waals surface area contributed by atoms with E-state index in [2.05, 4.69) is 4.90 Å². The fourth-order valence-electron chi connectivity index (χ4n) is 1.84. The predicted octanol–water partition coefficient (Wildman–Crippen LogP) is 1.05. The zero-order valence-electron chi connectivity index (χ0n) is 10.0. The fourth-order valence-corrected chi connectivity index (χ4v) is 1.84. The molecule has 0 bridgehead atoms. The molecule has 16 heavy (non-hydrogen) atoms. The van der Waals surface area contributed by atoms with Crippen molar-refractivity contribution in [3.63, 3.8) is 0 Å². The average molecular weight is 227 g/mol. The van der Waals surface area contributed by atoms with E-state index in [1.165, 1.54) is 0 Å². The van der Waals surface area contributed by atoms with Gasteiger partial charge in [-0.3, -0.25) is 9.69 Å². The van der Waals surface area contributed by atoms with E-state index < -0.39 is 0 Å². The van der Waals surface area contributed by atoms with Gasteiger partial charge in [0, 0.05) is 19.6 Å². The molecule has 1 saturated carbocycles. The van der Waals surface area contributed by atoms with E-state index in [1.54, 1.807) is 0 Å². The molecule has 1 heterocycles. The zero-order valence-corrected chi connectivity index (χ0v) is 10.0. The van der Waals surface area contributed by atoms with Crippen molar-refractivity contribution in [1.29, 1.82) is 0 Å². The Morgan fingerprint density at radius 3 is 2.69 bits per heavy atom. The van der Waals surface area contributed by atoms with Crippen LogP contribution in [0.1, 0.15) is 26.2 Å². The molecule has 0 aromatic heterocycles. The van der Waals surface area contributed by atoms with Crippen LogP contribution in [0.4, 0.5) is 0 Å². The molecule has 2 aliphatic rings. The summed E-state index contributed by atoms with van der Waals surface area (Å²) in [6.45, 7) is 7.23. The van der Waals surface area contributed by atoms with Crippen molar-refractivity contribution in [3.8, 4) is 0 Å². The molecule has 0 atom stereocenters. The molecule has 92 valence electrons. The molecular weight excluding hydrogens is 206 g/mol. The maximum Gasteiger partial charge on any atom is 0.311 e. The summed E-state index contributed by atoms with van der Waals surface area (Å²) in [6, 6.07) is 0. The van der Waals surface area contributed by atoms with Crippen LogP contribution in [-0.2, 0) is 14.3 Å². The minimum absolute atomic E-state index is 0.00511. The number of carbonyl (C=O) groups is 1. The molecule has 0 radical (unpaired) electrons. The highest BCUT2D eigenvalue weighted by molar-refractivity contribution is 5.79. The van der Waals surface area contributed by atoms with Crippen molar-refractivity contribution in [2.45, 2.75) is 26.2 Å². The number of morpholine rings is 1. The molecule has 0 amide bonds. The number of carbonyl (C=O) groups excluding carboxylic acids is 1. The van der Waals surface area contributed by atoms with Crippen LogP contribution in [0, 0.1) is 5.41 Å². The summed E-state index contributed by atoms with van der Waals surface area (Å²) in [5, 5.41) is 0. The maximum absolute atomic E-state index is 11.5. The van der Waals surface area contributed by atoms with Gasteiger partial charge in [-0.15, -0.1) is 0 Å². The first kappa shape index (κ1) is 11.9. The molecular formula is C12H21NO3. The van der Waals surface area contributed by atoms with Gasteiger partial charge in [0.15, 0.2) is 0 Å². The van der Waals surface area contributed by atoms with Gasteiger partial charge in [-0.1, -0.05) is 0 Å². The largest absolute Gasteiger partial charge is 0.465 e. The third kappa shape index (κ3) is 3.19. The molecule has 0 aromatic carbocycles. The first-order valence-corrected chi connectivity index (χ1v) is 6.18. The number of esters is 1. The molecule has 0 N–H and O–H groups in total. The van der Waals surface area contributed by atoms with Gasteiger partial charge >= 0.3 is 5.97 Å². The van der Waals surface area contributed by atoms with Gasteiger partial charge in [0.1, 0.15) is 0 Å². The Morgan fingerprint density at radius 1 is 1.38 bits per heavy atom. The number of ether oxygens (including phenoxy) is 2. The smallest absolute Gasteiger partial charge is 0.311 e. The third-order valence-corrected chi connectivity index (χ3v) is 3.45. The van der Waals surface area contributed by atoms with Crippen LogP contribution in [0.5, 0.6) is 0 Å². The number of hydrogen-bond donors (Lipinski definition) is 0. The lowest BCUT2D eigenvalue weighted by molar-refractivity contribution is -0.149. The summed E-state index contributed by atoms with van der Waals surface area (Å²) in [6.07, 6.45) is 2.92. The standard InChI is InChI=1S/C12H21NO3/c1-12(3-4-12)11(14)16-8-2-5-13-6-9-15-10-7-13/h2-10H2,1H3. The second-order valence-electron chi connectivity index (χ2n) is 5.00. The SMILES string of the molecule is CC1(C(=O)OCCCN2CCOCC2)CC1. The Hall–Kier alpha value is -0.610. The van der Waals surface area contributed by atoms with Gasteiger partial charge in [0.2, 0.25) is 0 Å². The van der Waals surface area contributed by atoms with Crippen LogP contribution in [0.15, 0.2) is 0 Å². The van der Waals surface area contributed by atoms with Gasteiger partial charge in [0.25, 0.3) is 0 Å². The summed E-state index contributed by atoms with van der Waals surface area (Å²) in [5.41, 5.74) is -0.140. The molecule has 2 fully saturated rings. The highest BCUT2D eigenvalue weighted by atomic mass is 16.5. The summed E-state index contributed by atoms with van der Waals surface area (Å²) in [5.74, 6) is -0.00511. The molecule has 4 heteroatoms. The Kier molecular flexibility index (Phi) is 3.82. The van der Waals surface area contributed by atoms with Crippen molar-refractivity contribution in [3.05, 3.63) is 0 Å². The van der Waals surface area contributed by atoms with Crippen molar-refractivity contribution in [2.24, 2.45) is 5.41 Å². The number of rotatable bonds is 5. The summed E-state index contributed by atoms with van der Waals surface area (Å²) in [7, 11) is 0. The molecule has 0 unspecified atom stereocenters. The number of nitrogens with zero attached hydrogens (tertiary/aromatic N) is 1. The Labute approximate surface area is 96.9 Å². The molecule has 1 saturated heterocycles. The summed E-state index contributed by atoms with van der Waals surface area (Å²) < 4.78 is 10.5. The van der Waals surface area contributed by atoms with Crippen molar-refractivity contribution >= 4 is 5.97 Å². The lowest BCUT2D eigenvalue weighted by Crippen LogP contribution is -2.37. The van der Waals surface area contributed by atoms with Crippen molar-refractivity contribution in [1.82, 2.24) is 4.90 Å². The van der Waals surface area contributed by atoms with Crippen LogP contribution in [0.3, 0.4) is 0 Å². The highest BCUT2D eigenvalue weighted by Gasteiger charge is 2.46. The van der Waals surface area contributed by atoms with Crippen molar-refractivity contribution < 1.29 is 14.3 Å². The lowest BCUT2D eigenvalue weighted by Gasteiger charge is -2.26. The minimum atomic E-state index is -0.140. The van der Waals surface area contributed by atoms with E-state index in [0.717, 1.165) is 52.1 Å². The molecule has 1 aliphatic heterocycles. The molecule has 0 spiro atoms. The Balaban J connectivity index is 1.53. The maximum atomic E-state index is 11.5. The fraction of sp³-hybridized carbons (Fsp3) is 0.917. The average Bonchev–Trinajstić information content (AvgIpc) is 3.05. The van der Waals surface area contributed by atoms with Crippen LogP contribution >= 0.6 is 0 Å². The van der Waals surface area contributed by atoms with Crippen LogP contribution < -0.4 is 0 Å². The first-order chi connectivity index (χ1) is 7.71. The second-order valence-corrected chi connectivity index (χ2v) is 5.00. The van der Waals surface area contributed by atoms with Gasteiger partial charge < -0.3 is 9.47 Å². The van der Waals surface area contributed by atoms with E-state index in [9.17, 15) is 4.79 Å². The van der Waals surface area contributed by atoms with Gasteiger partial charge in [0.05, 0.1) is 25.2 Å². The minimum Gasteiger partial charge on any atom is -0.465 e. The van der Waals surface area contributed by atoms with E-state index in [-0.39, 0.29) is 11.4 Å². The van der Waals surface area contributed by atoms with E-state index in [1.807, 2.05) is 6.92 Å². The second kappa shape index (κ2) is 5.15. The quantitative estimate of drug-likeness (QED) is 0.520. The Morgan fingerprint density at radius 2 is 2.06 bits per heavy atom. The normalized spacial score (nSPS) is 24.1. The molecule has 2 rings (SSSR count). The number of hydrogen-bond acceptors (Lipinski definition) is 4. The summed E-state index contributed by atoms with van der Waals surface area (Å²) >= 11 is 0. The Bertz CT molecular complexity index is 245. The lowest BCUT2D eigenvalue weighted by atomic mass is 10.1.